The van der Waals surface area contributed by atoms with Crippen LogP contribution in [-0.4, -0.2) is 45.3 Å². The number of likely N-dealkylation sites (N-methyl/N-ethyl adjacent to an activating group) is 1. The molecule has 0 aromatic carbocycles. The molecule has 1 aromatic rings. The summed E-state index contributed by atoms with van der Waals surface area (Å²) in [6, 6.07) is 0. The number of aromatic nitrogens is 2. The Morgan fingerprint density at radius 3 is 2.78 bits per heavy atom. The molecule has 1 heterocycles. The molecule has 0 bridgehead atoms. The van der Waals surface area contributed by atoms with Gasteiger partial charge in [0.2, 0.25) is 5.91 Å². The molecule has 18 heavy (non-hydrogen) atoms. The van der Waals surface area contributed by atoms with Gasteiger partial charge < -0.3 is 10.0 Å². The molecule has 0 saturated carbocycles. The maximum Gasteiger partial charge on any atom is 0.308 e. The molecule has 0 spiro atoms. The zero-order valence-corrected chi connectivity index (χ0v) is 10.7. The largest absolute Gasteiger partial charge is 0.481 e. The van der Waals surface area contributed by atoms with E-state index in [4.69, 9.17) is 5.11 Å². The number of hydrogen-bond acceptors (Lipinski definition) is 3. The lowest BCUT2D eigenvalue weighted by molar-refractivity contribution is -0.142. The van der Waals surface area contributed by atoms with Crippen molar-refractivity contribution < 1.29 is 14.7 Å². The zero-order chi connectivity index (χ0) is 13.7. The lowest BCUT2D eigenvalue weighted by atomic mass is 10.2. The third-order valence-corrected chi connectivity index (χ3v) is 2.49. The summed E-state index contributed by atoms with van der Waals surface area (Å²) in [5.41, 5.74) is 0.825. The van der Waals surface area contributed by atoms with Crippen molar-refractivity contribution >= 4 is 18.0 Å². The summed E-state index contributed by atoms with van der Waals surface area (Å²) in [5, 5.41) is 12.7. The normalized spacial score (nSPS) is 12.6. The standard InChI is InChI=1S/C12H17N3O3/c1-9(12(17)18)7-14(2)11(16)5-4-10-6-13-15(3)8-10/h4-6,8-9H,7H2,1-3H3,(H,17,18). The van der Waals surface area contributed by atoms with Crippen molar-refractivity contribution in [3.63, 3.8) is 0 Å². The highest BCUT2D eigenvalue weighted by molar-refractivity contribution is 5.91. The Labute approximate surface area is 106 Å². The van der Waals surface area contributed by atoms with Gasteiger partial charge in [-0.05, 0) is 6.08 Å². The fraction of sp³-hybridized carbons (Fsp3) is 0.417. The first-order valence-corrected chi connectivity index (χ1v) is 5.54. The zero-order valence-electron chi connectivity index (χ0n) is 10.7. The highest BCUT2D eigenvalue weighted by atomic mass is 16.4. The van der Waals surface area contributed by atoms with Crippen molar-refractivity contribution in [2.24, 2.45) is 13.0 Å². The van der Waals surface area contributed by atoms with Crippen LogP contribution in [-0.2, 0) is 16.6 Å². The van der Waals surface area contributed by atoms with Gasteiger partial charge in [0.25, 0.3) is 0 Å². The predicted octanol–water partition coefficient (Wildman–Crippen LogP) is 0.612. The Kier molecular flexibility index (Phi) is 4.65. The van der Waals surface area contributed by atoms with Crippen molar-refractivity contribution in [2.75, 3.05) is 13.6 Å². The average Bonchev–Trinajstić information content (AvgIpc) is 2.71. The molecule has 0 saturated heterocycles. The van der Waals surface area contributed by atoms with Crippen LogP contribution in [0.1, 0.15) is 12.5 Å². The third kappa shape index (κ3) is 4.04. The second kappa shape index (κ2) is 6.00. The van der Waals surface area contributed by atoms with Gasteiger partial charge in [0.05, 0.1) is 12.1 Å². The minimum Gasteiger partial charge on any atom is -0.481 e. The van der Waals surface area contributed by atoms with Crippen LogP contribution in [0.15, 0.2) is 18.5 Å². The minimum absolute atomic E-state index is 0.186. The number of rotatable bonds is 5. The highest BCUT2D eigenvalue weighted by Crippen LogP contribution is 2.02. The minimum atomic E-state index is -0.911. The van der Waals surface area contributed by atoms with Gasteiger partial charge in [0.15, 0.2) is 0 Å². The van der Waals surface area contributed by atoms with Crippen LogP contribution in [0.2, 0.25) is 0 Å². The molecular weight excluding hydrogens is 234 g/mol. The maximum absolute atomic E-state index is 11.7. The third-order valence-electron chi connectivity index (χ3n) is 2.49. The van der Waals surface area contributed by atoms with Crippen LogP contribution in [0, 0.1) is 5.92 Å². The molecule has 0 aliphatic rings. The monoisotopic (exact) mass is 251 g/mol. The van der Waals surface area contributed by atoms with Crippen LogP contribution in [0.4, 0.5) is 0 Å². The first-order valence-electron chi connectivity index (χ1n) is 5.54. The number of hydrogen-bond donors (Lipinski definition) is 1. The summed E-state index contributed by atoms with van der Waals surface area (Å²) in [5.74, 6) is -1.72. The van der Waals surface area contributed by atoms with Crippen LogP contribution in [0.25, 0.3) is 6.08 Å². The summed E-state index contributed by atoms with van der Waals surface area (Å²) >= 11 is 0. The summed E-state index contributed by atoms with van der Waals surface area (Å²) in [4.78, 5) is 23.8. The number of aliphatic carboxylic acids is 1. The van der Waals surface area contributed by atoms with E-state index in [9.17, 15) is 9.59 Å². The number of carbonyl (C=O) groups excluding carboxylic acids is 1. The number of amides is 1. The van der Waals surface area contributed by atoms with Gasteiger partial charge in [-0.25, -0.2) is 0 Å². The molecule has 98 valence electrons. The number of aryl methyl sites for hydroxylation is 1. The van der Waals surface area contributed by atoms with E-state index in [0.717, 1.165) is 5.56 Å². The molecule has 0 aliphatic carbocycles. The van der Waals surface area contributed by atoms with Crippen molar-refractivity contribution in [1.29, 1.82) is 0 Å². The van der Waals surface area contributed by atoms with E-state index in [1.165, 1.54) is 11.0 Å². The molecule has 1 atom stereocenters. The summed E-state index contributed by atoms with van der Waals surface area (Å²) in [6.07, 6.45) is 6.48. The number of carboxylic acid groups (broad SMARTS) is 1. The van der Waals surface area contributed by atoms with E-state index < -0.39 is 11.9 Å². The number of nitrogens with zero attached hydrogens (tertiary/aromatic N) is 3. The van der Waals surface area contributed by atoms with Crippen LogP contribution in [0.3, 0.4) is 0 Å². The predicted molar refractivity (Wildman–Crippen MR) is 66.7 cm³/mol. The Bertz CT molecular complexity index is 465. The smallest absolute Gasteiger partial charge is 0.308 e. The van der Waals surface area contributed by atoms with E-state index in [1.54, 1.807) is 44.2 Å². The van der Waals surface area contributed by atoms with Gasteiger partial charge in [-0.15, -0.1) is 0 Å². The van der Waals surface area contributed by atoms with E-state index in [0.29, 0.717) is 0 Å². The molecule has 1 unspecified atom stereocenters. The Balaban J connectivity index is 2.54. The molecule has 6 nitrogen and oxygen atoms in total. The second-order valence-electron chi connectivity index (χ2n) is 4.24. The van der Waals surface area contributed by atoms with Crippen LogP contribution >= 0.6 is 0 Å². The molecule has 1 aromatic heterocycles. The molecule has 0 fully saturated rings. The average molecular weight is 251 g/mol. The van der Waals surface area contributed by atoms with Crippen molar-refractivity contribution in [2.45, 2.75) is 6.92 Å². The van der Waals surface area contributed by atoms with Gasteiger partial charge in [0, 0.05) is 38.5 Å². The lowest BCUT2D eigenvalue weighted by Gasteiger charge is -2.17. The topological polar surface area (TPSA) is 75.4 Å². The van der Waals surface area contributed by atoms with Gasteiger partial charge in [-0.1, -0.05) is 6.92 Å². The summed E-state index contributed by atoms with van der Waals surface area (Å²) in [7, 11) is 3.37. The van der Waals surface area contributed by atoms with E-state index >= 15 is 0 Å². The first-order chi connectivity index (χ1) is 8.40. The summed E-state index contributed by atoms with van der Waals surface area (Å²) < 4.78 is 1.64. The van der Waals surface area contributed by atoms with Crippen molar-refractivity contribution in [3.05, 3.63) is 24.0 Å². The highest BCUT2D eigenvalue weighted by Gasteiger charge is 2.15. The quantitative estimate of drug-likeness (QED) is 0.778. The molecule has 0 aliphatic heterocycles. The molecule has 6 heteroatoms. The van der Waals surface area contributed by atoms with Crippen LogP contribution < -0.4 is 0 Å². The fourth-order valence-electron chi connectivity index (χ4n) is 1.40. The summed E-state index contributed by atoms with van der Waals surface area (Å²) in [6.45, 7) is 1.75. The van der Waals surface area contributed by atoms with Gasteiger partial charge in [-0.3, -0.25) is 14.3 Å². The van der Waals surface area contributed by atoms with Gasteiger partial charge in [-0.2, -0.15) is 5.10 Å². The van der Waals surface area contributed by atoms with E-state index in [2.05, 4.69) is 5.10 Å². The lowest BCUT2D eigenvalue weighted by Crippen LogP contribution is -2.32. The molecule has 1 rings (SSSR count). The molecule has 1 N–H and O–H groups in total. The Hall–Kier alpha value is -2.11. The van der Waals surface area contributed by atoms with Crippen LogP contribution in [0.5, 0.6) is 0 Å². The van der Waals surface area contributed by atoms with Crippen molar-refractivity contribution in [3.8, 4) is 0 Å². The van der Waals surface area contributed by atoms with Gasteiger partial charge in [0.1, 0.15) is 0 Å². The Morgan fingerprint density at radius 1 is 1.61 bits per heavy atom. The maximum atomic E-state index is 11.7. The number of carboxylic acids is 1. The fourth-order valence-corrected chi connectivity index (χ4v) is 1.40. The van der Waals surface area contributed by atoms with Crippen molar-refractivity contribution in [1.82, 2.24) is 14.7 Å². The molecular formula is C12H17N3O3. The van der Waals surface area contributed by atoms with E-state index in [1.807, 2.05) is 0 Å². The van der Waals surface area contributed by atoms with Gasteiger partial charge >= 0.3 is 5.97 Å². The van der Waals surface area contributed by atoms with E-state index in [-0.39, 0.29) is 12.5 Å². The second-order valence-corrected chi connectivity index (χ2v) is 4.24. The first kappa shape index (κ1) is 14.0. The SMILES string of the molecule is CC(CN(C)C(=O)C=Cc1cnn(C)c1)C(=O)O. The molecule has 1 amide bonds. The Morgan fingerprint density at radius 2 is 2.28 bits per heavy atom. The molecule has 0 radical (unpaired) electrons. The number of carbonyl (C=O) groups is 2.